The van der Waals surface area contributed by atoms with Crippen LogP contribution >= 0.6 is 22.9 Å². The summed E-state index contributed by atoms with van der Waals surface area (Å²) in [5.41, 5.74) is 13.4. The second kappa shape index (κ2) is 8.33. The Bertz CT molecular complexity index is 1480. The van der Waals surface area contributed by atoms with Crippen LogP contribution in [-0.2, 0) is 6.42 Å². The number of nitrogens with one attached hydrogen (secondary N) is 2. The Balaban J connectivity index is 1.57. The second-order valence-corrected chi connectivity index (χ2v) is 10.8. The van der Waals surface area contributed by atoms with Gasteiger partial charge in [0.1, 0.15) is 5.84 Å². The molecule has 3 atom stereocenters. The van der Waals surface area contributed by atoms with Gasteiger partial charge in [-0.1, -0.05) is 35.9 Å². The highest BCUT2D eigenvalue weighted by molar-refractivity contribution is 7.19. The number of phenolic OH excluding ortho intramolecular Hbond substituents is 1. The van der Waals surface area contributed by atoms with E-state index in [1.54, 1.807) is 13.2 Å². The lowest BCUT2D eigenvalue weighted by atomic mass is 9.74. The summed E-state index contributed by atoms with van der Waals surface area (Å²) in [6.07, 6.45) is 0.913. The fraction of sp³-hybridized carbons (Fsp3) is 0.179. The van der Waals surface area contributed by atoms with Gasteiger partial charge in [-0.2, -0.15) is 0 Å². The van der Waals surface area contributed by atoms with Gasteiger partial charge in [0, 0.05) is 27.6 Å². The predicted molar refractivity (Wildman–Crippen MR) is 142 cm³/mol. The zero-order chi connectivity index (χ0) is 24.3. The van der Waals surface area contributed by atoms with E-state index in [2.05, 4.69) is 35.6 Å². The highest BCUT2D eigenvalue weighted by Gasteiger charge is 2.44. The van der Waals surface area contributed by atoms with Crippen LogP contribution < -0.4 is 15.8 Å². The Kier molecular flexibility index (Phi) is 5.24. The maximum Gasteiger partial charge on any atom is 0.160 e. The number of nitrogens with two attached hydrogens (primary N) is 1. The van der Waals surface area contributed by atoms with Crippen LogP contribution in [0.1, 0.15) is 39.8 Å². The lowest BCUT2D eigenvalue weighted by Gasteiger charge is -2.39. The molecule has 0 spiro atoms. The highest BCUT2D eigenvalue weighted by atomic mass is 35.5. The standard InChI is InChI=1S/C28H24ClN3O2S/c1-34-23-13-18(17(12-22(23)33)24-8-9-25(29)35-24)27-20-10-14-4-2-3-5-16(14)26(20)19-11-15(28(30)31)6-7-21(19)32-27/h2-9,11-13,20,26-27,32-33H,10H2,1H3,(H3,30,31). The molecular formula is C28H24ClN3O2S. The van der Waals surface area contributed by atoms with Crippen LogP contribution in [0.4, 0.5) is 5.69 Å². The predicted octanol–water partition coefficient (Wildman–Crippen LogP) is 6.54. The van der Waals surface area contributed by atoms with Gasteiger partial charge in [-0.25, -0.2) is 0 Å². The SMILES string of the molecule is COc1cc(C2Nc3ccc(C(=N)N)cc3C3c4ccccc4CC23)c(-c2ccc(Cl)s2)cc1O. The van der Waals surface area contributed by atoms with Gasteiger partial charge in [-0.3, -0.25) is 5.41 Å². The molecule has 1 aliphatic carbocycles. The average Bonchev–Trinajstić information content (AvgIpc) is 3.47. The van der Waals surface area contributed by atoms with E-state index in [0.717, 1.165) is 39.2 Å². The molecule has 35 heavy (non-hydrogen) atoms. The van der Waals surface area contributed by atoms with E-state index < -0.39 is 0 Å². The minimum absolute atomic E-state index is 0.0338. The van der Waals surface area contributed by atoms with Gasteiger partial charge in [-0.05, 0) is 77.1 Å². The van der Waals surface area contributed by atoms with Gasteiger partial charge < -0.3 is 20.9 Å². The smallest absolute Gasteiger partial charge is 0.160 e. The Morgan fingerprint density at radius 1 is 1.09 bits per heavy atom. The number of anilines is 1. The number of phenols is 1. The first-order chi connectivity index (χ1) is 16.9. The van der Waals surface area contributed by atoms with Crippen LogP contribution in [0.5, 0.6) is 11.5 Å². The van der Waals surface area contributed by atoms with E-state index in [9.17, 15) is 5.11 Å². The zero-order valence-corrected chi connectivity index (χ0v) is 20.6. The lowest BCUT2D eigenvalue weighted by molar-refractivity contribution is 0.370. The molecular weight excluding hydrogens is 478 g/mol. The average molecular weight is 502 g/mol. The van der Waals surface area contributed by atoms with Crippen molar-refractivity contribution in [1.29, 1.82) is 5.41 Å². The number of fused-ring (bicyclic) bond motifs is 5. The second-order valence-electron chi connectivity index (χ2n) is 9.10. The van der Waals surface area contributed by atoms with E-state index in [4.69, 9.17) is 27.5 Å². The van der Waals surface area contributed by atoms with Crippen molar-refractivity contribution in [2.24, 2.45) is 11.7 Å². The molecule has 7 heteroatoms. The number of ether oxygens (including phenoxy) is 1. The Morgan fingerprint density at radius 3 is 2.66 bits per heavy atom. The lowest BCUT2D eigenvalue weighted by Crippen LogP contribution is -2.31. The molecule has 0 amide bonds. The van der Waals surface area contributed by atoms with Gasteiger partial charge in [0.15, 0.2) is 11.5 Å². The van der Waals surface area contributed by atoms with E-state index in [1.165, 1.54) is 22.5 Å². The van der Waals surface area contributed by atoms with Gasteiger partial charge in [-0.15, -0.1) is 11.3 Å². The molecule has 2 heterocycles. The van der Waals surface area contributed by atoms with Crippen LogP contribution in [0, 0.1) is 11.3 Å². The number of aromatic hydroxyl groups is 1. The molecule has 5 N–H and O–H groups in total. The minimum atomic E-state index is -0.0338. The van der Waals surface area contributed by atoms with Crippen LogP contribution in [0.15, 0.2) is 66.7 Å². The third-order valence-electron chi connectivity index (χ3n) is 7.24. The molecule has 2 aliphatic rings. The van der Waals surface area contributed by atoms with Gasteiger partial charge >= 0.3 is 0 Å². The number of methoxy groups -OCH3 is 1. The van der Waals surface area contributed by atoms with Crippen LogP contribution in [0.25, 0.3) is 10.4 Å². The van der Waals surface area contributed by atoms with Crippen LogP contribution in [0.2, 0.25) is 4.34 Å². The number of hydrogen-bond acceptors (Lipinski definition) is 5. The van der Waals surface area contributed by atoms with Crippen LogP contribution in [0.3, 0.4) is 0 Å². The quantitative estimate of drug-likeness (QED) is 0.189. The number of amidine groups is 1. The van der Waals surface area contributed by atoms with Crippen molar-refractivity contribution >= 4 is 34.5 Å². The normalized spacial score (nSPS) is 19.9. The van der Waals surface area contributed by atoms with Crippen LogP contribution in [-0.4, -0.2) is 18.1 Å². The number of thiophene rings is 1. The summed E-state index contributed by atoms with van der Waals surface area (Å²) in [5.74, 6) is 0.997. The van der Waals surface area contributed by atoms with Crippen molar-refractivity contribution in [2.75, 3.05) is 12.4 Å². The molecule has 0 radical (unpaired) electrons. The van der Waals surface area contributed by atoms with Crippen molar-refractivity contribution in [3.63, 3.8) is 0 Å². The first-order valence-corrected chi connectivity index (χ1v) is 12.6. The molecule has 0 saturated carbocycles. The Labute approximate surface area is 212 Å². The topological polar surface area (TPSA) is 91.4 Å². The summed E-state index contributed by atoms with van der Waals surface area (Å²) in [6.45, 7) is 0. The number of nitrogen functional groups attached to an aromatic ring is 1. The molecule has 176 valence electrons. The van der Waals surface area contributed by atoms with E-state index in [0.29, 0.717) is 10.1 Å². The third kappa shape index (κ3) is 3.56. The van der Waals surface area contributed by atoms with Crippen molar-refractivity contribution in [3.8, 4) is 21.9 Å². The summed E-state index contributed by atoms with van der Waals surface area (Å²) in [4.78, 5) is 0.995. The molecule has 0 bridgehead atoms. The maximum atomic E-state index is 10.6. The summed E-state index contributed by atoms with van der Waals surface area (Å²) in [7, 11) is 1.57. The first-order valence-electron chi connectivity index (χ1n) is 11.4. The summed E-state index contributed by atoms with van der Waals surface area (Å²) >= 11 is 7.78. The molecule has 5 nitrogen and oxygen atoms in total. The Hall–Kier alpha value is -3.48. The van der Waals surface area contributed by atoms with Gasteiger partial charge in [0.25, 0.3) is 0 Å². The van der Waals surface area contributed by atoms with E-state index in [-0.39, 0.29) is 29.5 Å². The molecule has 4 aromatic rings. The van der Waals surface area contributed by atoms with Crippen molar-refractivity contribution in [3.05, 3.63) is 98.9 Å². The molecule has 3 unspecified atom stereocenters. The monoisotopic (exact) mass is 501 g/mol. The highest BCUT2D eigenvalue weighted by Crippen LogP contribution is 2.56. The third-order valence-corrected chi connectivity index (χ3v) is 8.50. The summed E-state index contributed by atoms with van der Waals surface area (Å²) in [6, 6.07) is 22.1. The van der Waals surface area contributed by atoms with Crippen molar-refractivity contribution in [1.82, 2.24) is 0 Å². The van der Waals surface area contributed by atoms with Crippen molar-refractivity contribution in [2.45, 2.75) is 18.4 Å². The molecule has 1 aromatic heterocycles. The minimum Gasteiger partial charge on any atom is -0.504 e. The zero-order valence-electron chi connectivity index (χ0n) is 19.0. The summed E-state index contributed by atoms with van der Waals surface area (Å²) < 4.78 is 6.22. The number of halogens is 1. The molecule has 0 saturated heterocycles. The van der Waals surface area contributed by atoms with E-state index >= 15 is 0 Å². The van der Waals surface area contributed by atoms with Gasteiger partial charge in [0.2, 0.25) is 0 Å². The number of benzene rings is 3. The molecule has 0 fully saturated rings. The Morgan fingerprint density at radius 2 is 1.91 bits per heavy atom. The molecule has 6 rings (SSSR count). The number of hydrogen-bond donors (Lipinski definition) is 4. The first kappa shape index (κ1) is 22.0. The molecule has 1 aliphatic heterocycles. The number of rotatable bonds is 4. The van der Waals surface area contributed by atoms with Gasteiger partial charge in [0.05, 0.1) is 17.5 Å². The van der Waals surface area contributed by atoms with E-state index in [1.807, 2.05) is 30.3 Å². The largest absolute Gasteiger partial charge is 0.504 e. The molecule has 3 aromatic carbocycles. The summed E-state index contributed by atoms with van der Waals surface area (Å²) in [5, 5.41) is 22.4. The fourth-order valence-electron chi connectivity index (χ4n) is 5.71. The maximum absolute atomic E-state index is 10.6. The van der Waals surface area contributed by atoms with Crippen molar-refractivity contribution < 1.29 is 9.84 Å². The fourth-order valence-corrected chi connectivity index (χ4v) is 6.80.